The zero-order valence-corrected chi connectivity index (χ0v) is 14.0. The zero-order chi connectivity index (χ0) is 15.9. The van der Waals surface area contributed by atoms with E-state index in [0.717, 1.165) is 0 Å². The van der Waals surface area contributed by atoms with E-state index in [4.69, 9.17) is 0 Å². The molecule has 1 rings (SSSR count). The molecule has 0 bridgehead atoms. The molecule has 1 unspecified atom stereocenters. The van der Waals surface area contributed by atoms with Crippen LogP contribution in [0.5, 0.6) is 0 Å². The van der Waals surface area contributed by atoms with E-state index in [9.17, 15) is 8.42 Å². The second kappa shape index (κ2) is 8.23. The normalized spacial score (nSPS) is 17.0. The Balaban J connectivity index is 2.39. The van der Waals surface area contributed by atoms with Crippen molar-refractivity contribution in [1.82, 2.24) is 9.62 Å². The van der Waals surface area contributed by atoms with Crippen molar-refractivity contribution in [2.75, 3.05) is 13.6 Å². The van der Waals surface area contributed by atoms with Gasteiger partial charge in [-0.1, -0.05) is 24.4 Å². The van der Waals surface area contributed by atoms with E-state index in [2.05, 4.69) is 27.9 Å². The summed E-state index contributed by atoms with van der Waals surface area (Å²) >= 11 is 1.53. The van der Waals surface area contributed by atoms with Crippen LogP contribution in [0.4, 0.5) is 0 Å². The molecule has 1 fully saturated rings. The first-order chi connectivity index (χ1) is 9.86. The lowest BCUT2D eigenvalue weighted by Crippen LogP contribution is -2.28. The molecule has 1 N–H and O–H groups in total. The standard InChI is InChI=1S/C13H22N4O2S2/c1-5-8-14-10-20-12(3)17(4)9-15-11(2)16-21(18,19)13-6-7-13/h5,9-10,12-13,16H,1-2,6-8H2,3-4H3/b14-10-,15-9-. The fraction of sp³-hybridized carbons (Fsp3) is 0.538. The molecule has 21 heavy (non-hydrogen) atoms. The lowest BCUT2D eigenvalue weighted by atomic mass is 10.6. The van der Waals surface area contributed by atoms with E-state index in [0.29, 0.717) is 19.4 Å². The predicted octanol–water partition coefficient (Wildman–Crippen LogP) is 1.79. The van der Waals surface area contributed by atoms with Gasteiger partial charge in [0.15, 0.2) is 0 Å². The highest BCUT2D eigenvalue weighted by atomic mass is 32.2. The monoisotopic (exact) mass is 330 g/mol. The molecule has 0 aromatic heterocycles. The van der Waals surface area contributed by atoms with Crippen LogP contribution in [0.25, 0.3) is 0 Å². The lowest BCUT2D eigenvalue weighted by molar-refractivity contribution is 0.514. The van der Waals surface area contributed by atoms with Gasteiger partial charge in [-0.05, 0) is 19.8 Å². The molecule has 1 saturated carbocycles. The molecule has 0 aromatic carbocycles. The van der Waals surface area contributed by atoms with Crippen molar-refractivity contribution in [1.29, 1.82) is 0 Å². The third kappa shape index (κ3) is 6.81. The zero-order valence-electron chi connectivity index (χ0n) is 12.4. The summed E-state index contributed by atoms with van der Waals surface area (Å²) in [6.07, 6.45) is 4.70. The fourth-order valence-corrected chi connectivity index (χ4v) is 3.15. The number of nitrogens with zero attached hydrogens (tertiary/aromatic N) is 3. The summed E-state index contributed by atoms with van der Waals surface area (Å²) in [4.78, 5) is 10.00. The van der Waals surface area contributed by atoms with Gasteiger partial charge in [-0.3, -0.25) is 9.71 Å². The third-order valence-electron chi connectivity index (χ3n) is 2.76. The van der Waals surface area contributed by atoms with E-state index in [1.807, 2.05) is 18.9 Å². The molecule has 0 radical (unpaired) electrons. The van der Waals surface area contributed by atoms with Crippen molar-refractivity contribution >= 4 is 33.7 Å². The quantitative estimate of drug-likeness (QED) is 0.287. The third-order valence-corrected chi connectivity index (χ3v) is 5.63. The molecule has 0 saturated heterocycles. The topological polar surface area (TPSA) is 74.1 Å². The van der Waals surface area contributed by atoms with Crippen molar-refractivity contribution in [3.8, 4) is 0 Å². The van der Waals surface area contributed by atoms with Gasteiger partial charge < -0.3 is 4.90 Å². The molecule has 118 valence electrons. The average molecular weight is 330 g/mol. The number of sulfonamides is 1. The second-order valence-electron chi connectivity index (χ2n) is 4.70. The van der Waals surface area contributed by atoms with Crippen LogP contribution < -0.4 is 4.72 Å². The predicted molar refractivity (Wildman–Crippen MR) is 91.1 cm³/mol. The average Bonchev–Trinajstić information content (AvgIpc) is 3.25. The van der Waals surface area contributed by atoms with E-state index < -0.39 is 10.0 Å². The molecule has 1 atom stereocenters. The van der Waals surface area contributed by atoms with Crippen LogP contribution in [-0.4, -0.2) is 49.4 Å². The summed E-state index contributed by atoms with van der Waals surface area (Å²) in [7, 11) is -1.44. The lowest BCUT2D eigenvalue weighted by Gasteiger charge is -2.19. The van der Waals surface area contributed by atoms with Crippen LogP contribution in [0.15, 0.2) is 35.0 Å². The van der Waals surface area contributed by atoms with E-state index >= 15 is 0 Å². The second-order valence-corrected chi connectivity index (χ2v) is 7.82. The molecular weight excluding hydrogens is 308 g/mol. The van der Waals surface area contributed by atoms with Crippen molar-refractivity contribution in [3.63, 3.8) is 0 Å². The maximum atomic E-state index is 11.7. The number of aliphatic imine (C=N–C) groups is 2. The minimum atomic E-state index is -3.29. The first kappa shape index (κ1) is 17.8. The van der Waals surface area contributed by atoms with Crippen LogP contribution >= 0.6 is 11.8 Å². The highest BCUT2D eigenvalue weighted by Gasteiger charge is 2.35. The summed E-state index contributed by atoms with van der Waals surface area (Å²) in [6.45, 7) is 9.78. The van der Waals surface area contributed by atoms with E-state index in [-0.39, 0.29) is 16.4 Å². The summed E-state index contributed by atoms with van der Waals surface area (Å²) in [5.74, 6) is 0.131. The highest BCUT2D eigenvalue weighted by molar-refractivity contribution is 8.12. The molecule has 1 aliphatic carbocycles. The van der Waals surface area contributed by atoms with Crippen molar-refractivity contribution in [2.24, 2.45) is 9.98 Å². The minimum Gasteiger partial charge on any atom is -0.354 e. The van der Waals surface area contributed by atoms with Crippen molar-refractivity contribution in [2.45, 2.75) is 30.4 Å². The summed E-state index contributed by atoms with van der Waals surface area (Å²) in [5.41, 5.74) is 1.77. The highest BCUT2D eigenvalue weighted by Crippen LogP contribution is 2.27. The van der Waals surface area contributed by atoms with Gasteiger partial charge in [0.2, 0.25) is 10.0 Å². The van der Waals surface area contributed by atoms with Gasteiger partial charge in [0.05, 0.1) is 29.1 Å². The maximum absolute atomic E-state index is 11.7. The van der Waals surface area contributed by atoms with Gasteiger partial charge in [0.25, 0.3) is 0 Å². The maximum Gasteiger partial charge on any atom is 0.236 e. The Hall–Kier alpha value is -1.28. The molecule has 1 aliphatic rings. The number of hydrogen-bond donors (Lipinski definition) is 1. The van der Waals surface area contributed by atoms with E-state index in [1.165, 1.54) is 11.8 Å². The van der Waals surface area contributed by atoms with Crippen LogP contribution in [0, 0.1) is 0 Å². The van der Waals surface area contributed by atoms with Crippen molar-refractivity contribution < 1.29 is 8.42 Å². The Labute approximate surface area is 131 Å². The molecule has 0 spiro atoms. The Bertz CT molecular complexity index is 524. The van der Waals surface area contributed by atoms with Crippen LogP contribution in [-0.2, 0) is 10.0 Å². The first-order valence-corrected chi connectivity index (χ1v) is 9.07. The molecule has 0 aliphatic heterocycles. The minimum absolute atomic E-state index is 0.121. The van der Waals surface area contributed by atoms with Gasteiger partial charge >= 0.3 is 0 Å². The Morgan fingerprint density at radius 2 is 2.24 bits per heavy atom. The van der Waals surface area contributed by atoms with Gasteiger partial charge in [-0.25, -0.2) is 13.4 Å². The number of rotatable bonds is 10. The number of thioether (sulfide) groups is 1. The molecule has 0 aromatic rings. The molecule has 0 heterocycles. The van der Waals surface area contributed by atoms with Gasteiger partial charge in [0, 0.05) is 7.05 Å². The first-order valence-electron chi connectivity index (χ1n) is 6.58. The molecule has 6 nitrogen and oxygen atoms in total. The number of hydrogen-bond acceptors (Lipinski definition) is 5. The van der Waals surface area contributed by atoms with Crippen LogP contribution in [0.3, 0.4) is 0 Å². The smallest absolute Gasteiger partial charge is 0.236 e. The fourth-order valence-electron chi connectivity index (χ4n) is 1.25. The van der Waals surface area contributed by atoms with Gasteiger partial charge in [0.1, 0.15) is 5.82 Å². The van der Waals surface area contributed by atoms with Crippen molar-refractivity contribution in [3.05, 3.63) is 25.1 Å². The SMILES string of the molecule is C=CC/N=C\SC(C)N(C)/C=N\C(=C)NS(=O)(=O)C1CC1. The Kier molecular flexibility index (Phi) is 6.97. The van der Waals surface area contributed by atoms with Crippen LogP contribution in [0.1, 0.15) is 19.8 Å². The van der Waals surface area contributed by atoms with Gasteiger partial charge in [-0.15, -0.1) is 6.58 Å². The summed E-state index contributed by atoms with van der Waals surface area (Å²) in [6, 6.07) is 0. The molecule has 8 heteroatoms. The largest absolute Gasteiger partial charge is 0.354 e. The molecule has 0 amide bonds. The number of nitrogens with one attached hydrogen (secondary N) is 1. The van der Waals surface area contributed by atoms with Crippen LogP contribution in [0.2, 0.25) is 0 Å². The Morgan fingerprint density at radius 1 is 1.57 bits per heavy atom. The Morgan fingerprint density at radius 3 is 2.81 bits per heavy atom. The van der Waals surface area contributed by atoms with Gasteiger partial charge in [-0.2, -0.15) is 0 Å². The van der Waals surface area contributed by atoms with E-state index in [1.54, 1.807) is 18.0 Å². The molecular formula is C13H22N4O2S2. The summed E-state index contributed by atoms with van der Waals surface area (Å²) in [5, 5.41) is -0.159. The summed E-state index contributed by atoms with van der Waals surface area (Å²) < 4.78 is 25.8.